The Labute approximate surface area is 166 Å². The molecule has 0 atom stereocenters. The van der Waals surface area contributed by atoms with Crippen LogP contribution in [0.5, 0.6) is 0 Å². The number of rotatable bonds is 10. The lowest BCUT2D eigenvalue weighted by Crippen LogP contribution is -2.13. The molecular weight excluding hydrogens is 328 g/mol. The largest absolute Gasteiger partial charge is 0.376 e. The van der Waals surface area contributed by atoms with Gasteiger partial charge in [0, 0.05) is 0 Å². The molecule has 2 aromatic carbocycles. The van der Waals surface area contributed by atoms with Gasteiger partial charge in [-0.2, -0.15) is 0 Å². The third kappa shape index (κ3) is 6.81. The maximum atomic E-state index is 5.82. The second kappa shape index (κ2) is 11.3. The van der Waals surface area contributed by atoms with E-state index in [2.05, 4.69) is 55.5 Å². The fraction of sp³-hybridized carbons (Fsp3) is 0.538. The Balaban J connectivity index is 1.36. The third-order valence-electron chi connectivity index (χ3n) is 6.16. The van der Waals surface area contributed by atoms with Crippen LogP contribution < -0.4 is 0 Å². The first-order chi connectivity index (χ1) is 13.3. The zero-order valence-corrected chi connectivity index (χ0v) is 17.0. The van der Waals surface area contributed by atoms with E-state index in [1.165, 1.54) is 62.5 Å². The average molecular weight is 365 g/mol. The normalized spacial score (nSPS) is 19.9. The van der Waals surface area contributed by atoms with Crippen LogP contribution >= 0.6 is 0 Å². The molecule has 146 valence electrons. The second-order valence-corrected chi connectivity index (χ2v) is 8.24. The van der Waals surface area contributed by atoms with E-state index in [1.54, 1.807) is 5.56 Å². The molecule has 1 aliphatic carbocycles. The first-order valence-corrected chi connectivity index (χ1v) is 11.1. The van der Waals surface area contributed by atoms with Crippen LogP contribution in [0.25, 0.3) is 0 Å². The molecule has 0 N–H and O–H groups in total. The Morgan fingerprint density at radius 3 is 2.26 bits per heavy atom. The van der Waals surface area contributed by atoms with Crippen molar-refractivity contribution in [2.45, 2.75) is 77.2 Å². The van der Waals surface area contributed by atoms with Crippen LogP contribution in [0.4, 0.5) is 0 Å². The van der Waals surface area contributed by atoms with E-state index in [0.717, 1.165) is 24.9 Å². The zero-order valence-electron chi connectivity index (χ0n) is 17.0. The fourth-order valence-electron chi connectivity index (χ4n) is 4.38. The summed E-state index contributed by atoms with van der Waals surface area (Å²) >= 11 is 0. The second-order valence-electron chi connectivity index (χ2n) is 8.24. The van der Waals surface area contributed by atoms with Gasteiger partial charge in [0.25, 0.3) is 0 Å². The Bertz CT molecular complexity index is 623. The minimum absolute atomic E-state index is 0.709. The number of hydrogen-bond acceptors (Lipinski definition) is 1. The summed E-state index contributed by atoms with van der Waals surface area (Å²) in [5, 5.41) is 0. The van der Waals surface area contributed by atoms with Crippen molar-refractivity contribution in [1.29, 1.82) is 0 Å². The van der Waals surface area contributed by atoms with Crippen molar-refractivity contribution in [2.24, 2.45) is 5.92 Å². The third-order valence-corrected chi connectivity index (χ3v) is 6.16. The first-order valence-electron chi connectivity index (χ1n) is 11.1. The van der Waals surface area contributed by atoms with E-state index in [-0.39, 0.29) is 0 Å². The quantitative estimate of drug-likeness (QED) is 0.402. The standard InChI is InChI=1S/C26H36O/c1-2-3-5-8-22-11-15-25(16-12-22)26-17-13-23(14-18-26)19-20-27-21-24-9-6-4-7-10-24/h4,6-7,9-10,13-14,17-18,22,25H,2-3,5,8,11-12,15-16,19-21H2,1H3. The van der Waals surface area contributed by atoms with Gasteiger partial charge in [-0.25, -0.2) is 0 Å². The van der Waals surface area contributed by atoms with Gasteiger partial charge in [-0.05, 0) is 60.6 Å². The van der Waals surface area contributed by atoms with Crippen molar-refractivity contribution in [3.63, 3.8) is 0 Å². The van der Waals surface area contributed by atoms with Gasteiger partial charge in [0.1, 0.15) is 0 Å². The fourth-order valence-corrected chi connectivity index (χ4v) is 4.38. The minimum atomic E-state index is 0.709. The molecule has 0 spiro atoms. The molecule has 1 saturated carbocycles. The molecule has 0 bridgehead atoms. The van der Waals surface area contributed by atoms with E-state index in [4.69, 9.17) is 4.74 Å². The van der Waals surface area contributed by atoms with Gasteiger partial charge in [-0.3, -0.25) is 0 Å². The molecule has 1 nitrogen and oxygen atoms in total. The number of ether oxygens (including phenoxy) is 1. The van der Waals surface area contributed by atoms with Crippen molar-refractivity contribution < 1.29 is 4.74 Å². The Morgan fingerprint density at radius 2 is 1.56 bits per heavy atom. The van der Waals surface area contributed by atoms with E-state index in [9.17, 15) is 0 Å². The highest BCUT2D eigenvalue weighted by atomic mass is 16.5. The molecule has 3 rings (SSSR count). The van der Waals surface area contributed by atoms with Gasteiger partial charge in [0.05, 0.1) is 13.2 Å². The predicted octanol–water partition coefficient (Wildman–Crippen LogP) is 7.30. The van der Waals surface area contributed by atoms with Gasteiger partial charge in [-0.15, -0.1) is 0 Å². The van der Waals surface area contributed by atoms with Crippen LogP contribution in [-0.4, -0.2) is 6.61 Å². The molecule has 0 radical (unpaired) electrons. The van der Waals surface area contributed by atoms with Crippen molar-refractivity contribution in [1.82, 2.24) is 0 Å². The summed E-state index contributed by atoms with van der Waals surface area (Å²) in [6, 6.07) is 19.8. The van der Waals surface area contributed by atoms with Gasteiger partial charge in [0.2, 0.25) is 0 Å². The maximum Gasteiger partial charge on any atom is 0.0717 e. The molecule has 2 aromatic rings. The summed E-state index contributed by atoms with van der Waals surface area (Å²) in [5.74, 6) is 1.78. The van der Waals surface area contributed by atoms with E-state index >= 15 is 0 Å². The zero-order chi connectivity index (χ0) is 18.7. The highest BCUT2D eigenvalue weighted by Gasteiger charge is 2.21. The van der Waals surface area contributed by atoms with Gasteiger partial charge < -0.3 is 4.74 Å². The van der Waals surface area contributed by atoms with Crippen molar-refractivity contribution >= 4 is 0 Å². The van der Waals surface area contributed by atoms with Gasteiger partial charge in [-0.1, -0.05) is 87.2 Å². The van der Waals surface area contributed by atoms with Gasteiger partial charge in [0.15, 0.2) is 0 Å². The lowest BCUT2D eigenvalue weighted by molar-refractivity contribution is 0.124. The predicted molar refractivity (Wildman–Crippen MR) is 115 cm³/mol. The molecule has 1 heteroatoms. The summed E-state index contributed by atoms with van der Waals surface area (Å²) in [6.07, 6.45) is 12.3. The summed E-state index contributed by atoms with van der Waals surface area (Å²) in [5.41, 5.74) is 4.19. The number of hydrogen-bond donors (Lipinski definition) is 0. The summed E-state index contributed by atoms with van der Waals surface area (Å²) in [7, 11) is 0. The molecule has 0 saturated heterocycles. The first kappa shape index (κ1) is 20.1. The van der Waals surface area contributed by atoms with Crippen LogP contribution in [0.1, 0.15) is 80.9 Å². The molecule has 1 fully saturated rings. The molecule has 0 unspecified atom stereocenters. The van der Waals surface area contributed by atoms with Gasteiger partial charge >= 0.3 is 0 Å². The Hall–Kier alpha value is -1.60. The van der Waals surface area contributed by atoms with Crippen molar-refractivity contribution in [3.8, 4) is 0 Å². The molecule has 27 heavy (non-hydrogen) atoms. The lowest BCUT2D eigenvalue weighted by atomic mass is 9.77. The van der Waals surface area contributed by atoms with Crippen molar-refractivity contribution in [3.05, 3.63) is 71.3 Å². The van der Waals surface area contributed by atoms with Crippen LogP contribution in [-0.2, 0) is 17.8 Å². The highest BCUT2D eigenvalue weighted by Crippen LogP contribution is 2.37. The summed E-state index contributed by atoms with van der Waals surface area (Å²) in [4.78, 5) is 0. The summed E-state index contributed by atoms with van der Waals surface area (Å²) < 4.78 is 5.82. The summed E-state index contributed by atoms with van der Waals surface area (Å²) in [6.45, 7) is 3.80. The molecular formula is C26H36O. The lowest BCUT2D eigenvalue weighted by Gasteiger charge is -2.29. The SMILES string of the molecule is CCCCCC1CCC(c2ccc(CCOCc3ccccc3)cc2)CC1. The smallest absolute Gasteiger partial charge is 0.0717 e. The average Bonchev–Trinajstić information content (AvgIpc) is 2.73. The van der Waals surface area contributed by atoms with Crippen LogP contribution in [0.15, 0.2) is 54.6 Å². The van der Waals surface area contributed by atoms with E-state index in [0.29, 0.717) is 6.61 Å². The number of unbranched alkanes of at least 4 members (excludes halogenated alkanes) is 2. The molecule has 0 aliphatic heterocycles. The Kier molecular flexibility index (Phi) is 8.42. The molecule has 0 amide bonds. The Morgan fingerprint density at radius 1 is 0.815 bits per heavy atom. The van der Waals surface area contributed by atoms with Crippen molar-refractivity contribution in [2.75, 3.05) is 6.61 Å². The highest BCUT2D eigenvalue weighted by molar-refractivity contribution is 5.26. The molecule has 1 aliphatic rings. The number of benzene rings is 2. The van der Waals surface area contributed by atoms with E-state index < -0.39 is 0 Å². The topological polar surface area (TPSA) is 9.23 Å². The van der Waals surface area contributed by atoms with Crippen LogP contribution in [0.2, 0.25) is 0 Å². The molecule has 0 heterocycles. The maximum absolute atomic E-state index is 5.82. The van der Waals surface area contributed by atoms with Crippen LogP contribution in [0, 0.1) is 5.92 Å². The van der Waals surface area contributed by atoms with E-state index in [1.807, 2.05) is 6.07 Å². The minimum Gasteiger partial charge on any atom is -0.376 e. The molecule has 0 aromatic heterocycles. The van der Waals surface area contributed by atoms with Crippen LogP contribution in [0.3, 0.4) is 0 Å². The monoisotopic (exact) mass is 364 g/mol.